The molecule has 1 aromatic heterocycles. The standard InChI is InChI=1S/C13H11BrO2S/c1-8-6-12(17-2)11(14)7-10(8)9-4-3-5-16-13(9)15/h3-7H,1-2H3. The van der Waals surface area contributed by atoms with Gasteiger partial charge in [0.05, 0.1) is 11.8 Å². The van der Waals surface area contributed by atoms with Gasteiger partial charge >= 0.3 is 5.63 Å². The van der Waals surface area contributed by atoms with Gasteiger partial charge in [0.2, 0.25) is 0 Å². The Labute approximate surface area is 112 Å². The normalized spacial score (nSPS) is 10.5. The second kappa shape index (κ2) is 5.10. The molecule has 0 fully saturated rings. The summed E-state index contributed by atoms with van der Waals surface area (Å²) in [4.78, 5) is 12.8. The van der Waals surface area contributed by atoms with Crippen LogP contribution in [0.5, 0.6) is 0 Å². The van der Waals surface area contributed by atoms with E-state index in [2.05, 4.69) is 22.0 Å². The highest BCUT2D eigenvalue weighted by Gasteiger charge is 2.10. The van der Waals surface area contributed by atoms with E-state index < -0.39 is 0 Å². The van der Waals surface area contributed by atoms with Gasteiger partial charge in [0.1, 0.15) is 0 Å². The quantitative estimate of drug-likeness (QED) is 0.782. The van der Waals surface area contributed by atoms with Gasteiger partial charge in [-0.05, 0) is 64.5 Å². The Hall–Kier alpha value is -1.00. The summed E-state index contributed by atoms with van der Waals surface area (Å²) in [5.41, 5.74) is 2.26. The van der Waals surface area contributed by atoms with Gasteiger partial charge in [0.15, 0.2) is 0 Å². The van der Waals surface area contributed by atoms with Crippen molar-refractivity contribution in [2.75, 3.05) is 6.26 Å². The first-order chi connectivity index (χ1) is 8.13. The highest BCUT2D eigenvalue weighted by molar-refractivity contribution is 9.10. The first-order valence-electron chi connectivity index (χ1n) is 5.06. The molecule has 0 unspecified atom stereocenters. The number of benzene rings is 1. The SMILES string of the molecule is CSc1cc(C)c(-c2cccoc2=O)cc1Br. The van der Waals surface area contributed by atoms with Crippen LogP contribution in [0.3, 0.4) is 0 Å². The molecule has 88 valence electrons. The third-order valence-corrected chi connectivity index (χ3v) is 4.22. The summed E-state index contributed by atoms with van der Waals surface area (Å²) in [7, 11) is 0. The van der Waals surface area contributed by atoms with E-state index in [1.54, 1.807) is 23.9 Å². The minimum Gasteiger partial charge on any atom is -0.431 e. The Morgan fingerprint density at radius 1 is 1.29 bits per heavy atom. The molecule has 0 amide bonds. The van der Waals surface area contributed by atoms with E-state index in [1.165, 1.54) is 6.26 Å². The van der Waals surface area contributed by atoms with Gasteiger partial charge < -0.3 is 4.42 Å². The first kappa shape index (κ1) is 12.5. The summed E-state index contributed by atoms with van der Waals surface area (Å²) in [6.07, 6.45) is 3.42. The molecule has 0 saturated heterocycles. The molecule has 0 N–H and O–H groups in total. The van der Waals surface area contributed by atoms with Crippen molar-refractivity contribution in [1.29, 1.82) is 0 Å². The molecule has 4 heteroatoms. The molecule has 0 spiro atoms. The zero-order chi connectivity index (χ0) is 12.4. The maximum Gasteiger partial charge on any atom is 0.343 e. The monoisotopic (exact) mass is 310 g/mol. The smallest absolute Gasteiger partial charge is 0.343 e. The maximum absolute atomic E-state index is 11.7. The molecule has 0 atom stereocenters. The summed E-state index contributed by atoms with van der Waals surface area (Å²) < 4.78 is 5.88. The summed E-state index contributed by atoms with van der Waals surface area (Å²) in [6, 6.07) is 7.54. The van der Waals surface area contributed by atoms with Crippen molar-refractivity contribution in [3.05, 3.63) is 51.0 Å². The highest BCUT2D eigenvalue weighted by Crippen LogP contribution is 2.32. The van der Waals surface area contributed by atoms with Crippen molar-refractivity contribution in [2.45, 2.75) is 11.8 Å². The van der Waals surface area contributed by atoms with E-state index in [9.17, 15) is 4.79 Å². The predicted octanol–water partition coefficient (Wildman–Crippen LogP) is 4.10. The van der Waals surface area contributed by atoms with E-state index in [1.807, 2.05) is 19.2 Å². The van der Waals surface area contributed by atoms with Crippen LogP contribution in [0, 0.1) is 6.92 Å². The Morgan fingerprint density at radius 3 is 2.71 bits per heavy atom. The van der Waals surface area contributed by atoms with Gasteiger partial charge in [0.25, 0.3) is 0 Å². The molecular weight excluding hydrogens is 300 g/mol. The van der Waals surface area contributed by atoms with Gasteiger partial charge in [-0.15, -0.1) is 11.8 Å². The van der Waals surface area contributed by atoms with Crippen molar-refractivity contribution >= 4 is 27.7 Å². The lowest BCUT2D eigenvalue weighted by Crippen LogP contribution is -2.02. The molecule has 0 radical (unpaired) electrons. The molecule has 0 aliphatic carbocycles. The Morgan fingerprint density at radius 2 is 2.06 bits per heavy atom. The molecule has 0 saturated carbocycles. The van der Waals surface area contributed by atoms with Gasteiger partial charge in [-0.25, -0.2) is 4.79 Å². The molecule has 0 bridgehead atoms. The zero-order valence-corrected chi connectivity index (χ0v) is 11.9. The average Bonchev–Trinajstić information content (AvgIpc) is 2.32. The lowest BCUT2D eigenvalue weighted by molar-refractivity contribution is 0.513. The van der Waals surface area contributed by atoms with Crippen molar-refractivity contribution in [3.63, 3.8) is 0 Å². The van der Waals surface area contributed by atoms with E-state index in [-0.39, 0.29) is 5.63 Å². The van der Waals surface area contributed by atoms with E-state index in [4.69, 9.17) is 4.42 Å². The van der Waals surface area contributed by atoms with Crippen LogP contribution in [0.4, 0.5) is 0 Å². The molecule has 2 rings (SSSR count). The van der Waals surface area contributed by atoms with E-state index >= 15 is 0 Å². The fraction of sp³-hybridized carbons (Fsp3) is 0.154. The molecule has 1 heterocycles. The molecule has 17 heavy (non-hydrogen) atoms. The molecule has 2 nitrogen and oxygen atoms in total. The largest absolute Gasteiger partial charge is 0.431 e. The van der Waals surface area contributed by atoms with Crippen LogP contribution in [0.25, 0.3) is 11.1 Å². The topological polar surface area (TPSA) is 30.2 Å². The lowest BCUT2D eigenvalue weighted by Gasteiger charge is -2.08. The zero-order valence-electron chi connectivity index (χ0n) is 9.49. The van der Waals surface area contributed by atoms with Gasteiger partial charge in [-0.3, -0.25) is 0 Å². The molecule has 1 aromatic carbocycles. The van der Waals surface area contributed by atoms with E-state index in [0.29, 0.717) is 5.56 Å². The summed E-state index contributed by atoms with van der Waals surface area (Å²) in [5.74, 6) is 0. The van der Waals surface area contributed by atoms with Crippen LogP contribution in [0.1, 0.15) is 5.56 Å². The fourth-order valence-corrected chi connectivity index (χ4v) is 3.05. The summed E-state index contributed by atoms with van der Waals surface area (Å²) in [5, 5.41) is 0. The van der Waals surface area contributed by atoms with Crippen LogP contribution >= 0.6 is 27.7 Å². The first-order valence-corrected chi connectivity index (χ1v) is 7.07. The number of aryl methyl sites for hydroxylation is 1. The second-order valence-electron chi connectivity index (χ2n) is 3.62. The number of hydrogen-bond donors (Lipinski definition) is 0. The van der Waals surface area contributed by atoms with Gasteiger partial charge in [-0.2, -0.15) is 0 Å². The van der Waals surface area contributed by atoms with Gasteiger partial charge in [0, 0.05) is 9.37 Å². The van der Waals surface area contributed by atoms with Crippen LogP contribution < -0.4 is 5.63 Å². The Bertz CT molecular complexity index is 605. The molecule has 0 aliphatic rings. The van der Waals surface area contributed by atoms with Gasteiger partial charge in [-0.1, -0.05) is 0 Å². The Balaban J connectivity index is 2.65. The van der Waals surface area contributed by atoms with Crippen molar-refractivity contribution in [2.24, 2.45) is 0 Å². The third kappa shape index (κ3) is 2.48. The summed E-state index contributed by atoms with van der Waals surface area (Å²) >= 11 is 5.18. The minimum absolute atomic E-state index is 0.306. The second-order valence-corrected chi connectivity index (χ2v) is 5.32. The van der Waals surface area contributed by atoms with Crippen LogP contribution in [-0.4, -0.2) is 6.26 Å². The lowest BCUT2D eigenvalue weighted by atomic mass is 10.0. The number of halogens is 1. The van der Waals surface area contributed by atoms with Crippen LogP contribution in [0.2, 0.25) is 0 Å². The molecule has 2 aromatic rings. The third-order valence-electron chi connectivity index (χ3n) is 2.53. The minimum atomic E-state index is -0.306. The van der Waals surface area contributed by atoms with Crippen LogP contribution in [0.15, 0.2) is 49.1 Å². The average molecular weight is 311 g/mol. The van der Waals surface area contributed by atoms with Crippen molar-refractivity contribution in [1.82, 2.24) is 0 Å². The molecular formula is C13H11BrO2S. The molecule has 0 aliphatic heterocycles. The fourth-order valence-electron chi connectivity index (χ4n) is 1.67. The van der Waals surface area contributed by atoms with Crippen molar-refractivity contribution < 1.29 is 4.42 Å². The highest BCUT2D eigenvalue weighted by atomic mass is 79.9. The predicted molar refractivity (Wildman–Crippen MR) is 74.6 cm³/mol. The van der Waals surface area contributed by atoms with Crippen LogP contribution in [-0.2, 0) is 0 Å². The van der Waals surface area contributed by atoms with E-state index in [0.717, 1.165) is 20.5 Å². The Kier molecular flexibility index (Phi) is 3.74. The number of hydrogen-bond acceptors (Lipinski definition) is 3. The summed E-state index contributed by atoms with van der Waals surface area (Å²) in [6.45, 7) is 1.99. The maximum atomic E-state index is 11.7. The number of thioether (sulfide) groups is 1. The van der Waals surface area contributed by atoms with Crippen molar-refractivity contribution in [3.8, 4) is 11.1 Å². The number of rotatable bonds is 2.